The molecule has 0 spiro atoms. The fraction of sp³-hybridized carbons (Fsp3) is 0.423. The number of anilines is 1. The zero-order valence-corrected chi connectivity index (χ0v) is 20.8. The highest BCUT2D eigenvalue weighted by atomic mass is 16.6. The van der Waals surface area contributed by atoms with Gasteiger partial charge in [0.2, 0.25) is 5.91 Å². The number of ether oxygens (including phenoxy) is 3. The van der Waals surface area contributed by atoms with E-state index < -0.39 is 35.6 Å². The first-order chi connectivity index (χ1) is 16.6. The summed E-state index contributed by atoms with van der Waals surface area (Å²) < 4.78 is 15.8. The number of carbonyl (C=O) groups excluding carboxylic acids is 3. The minimum atomic E-state index is -0.989. The lowest BCUT2D eigenvalue weighted by atomic mass is 10.0. The van der Waals surface area contributed by atoms with Crippen LogP contribution in [0.3, 0.4) is 0 Å². The van der Waals surface area contributed by atoms with Crippen LogP contribution < -0.4 is 20.1 Å². The number of nitrogens with one attached hydrogen (secondary N) is 2. The standard InChI is InChI=1S/C26H33N3O6/c1-26(2,3)35-25(32)29-16-6-7-21(29)23(30)28-22(17-8-12-19(33-4)13-9-17)24(31)27-18-10-14-20(34-5)15-11-18/h8-15,21-22H,6-7,16H2,1-5H3,(H,27,31)(H,28,30)/t21-,22-/m0/s1. The summed E-state index contributed by atoms with van der Waals surface area (Å²) in [5.41, 5.74) is 0.455. The molecule has 3 rings (SSSR count). The largest absolute Gasteiger partial charge is 0.497 e. The van der Waals surface area contributed by atoms with Crippen molar-refractivity contribution in [3.63, 3.8) is 0 Å². The molecule has 1 saturated heterocycles. The summed E-state index contributed by atoms with van der Waals surface area (Å²) in [6.07, 6.45) is 0.613. The zero-order valence-electron chi connectivity index (χ0n) is 20.8. The Morgan fingerprint density at radius 1 is 0.943 bits per heavy atom. The maximum atomic E-state index is 13.3. The molecule has 2 aromatic carbocycles. The minimum absolute atomic E-state index is 0.415. The number of amides is 3. The van der Waals surface area contributed by atoms with Gasteiger partial charge >= 0.3 is 6.09 Å². The molecule has 188 valence electrons. The molecular formula is C26H33N3O6. The fourth-order valence-electron chi connectivity index (χ4n) is 3.80. The van der Waals surface area contributed by atoms with E-state index in [0.29, 0.717) is 42.1 Å². The number of methoxy groups -OCH3 is 2. The molecule has 1 aliphatic heterocycles. The van der Waals surface area contributed by atoms with Crippen molar-refractivity contribution in [3.05, 3.63) is 54.1 Å². The topological polar surface area (TPSA) is 106 Å². The van der Waals surface area contributed by atoms with Crippen molar-refractivity contribution >= 4 is 23.6 Å². The van der Waals surface area contributed by atoms with Crippen molar-refractivity contribution in [2.75, 3.05) is 26.1 Å². The van der Waals surface area contributed by atoms with E-state index in [1.807, 2.05) is 0 Å². The Labute approximate surface area is 205 Å². The quantitative estimate of drug-likeness (QED) is 0.619. The zero-order chi connectivity index (χ0) is 25.6. The lowest BCUT2D eigenvalue weighted by Crippen LogP contribution is -2.49. The highest BCUT2D eigenvalue weighted by Gasteiger charge is 2.38. The van der Waals surface area contributed by atoms with Crippen LogP contribution in [0, 0.1) is 0 Å². The van der Waals surface area contributed by atoms with Crippen LogP contribution >= 0.6 is 0 Å². The van der Waals surface area contributed by atoms with Gasteiger partial charge in [0.15, 0.2) is 0 Å². The number of nitrogens with zero attached hydrogens (tertiary/aromatic N) is 1. The molecule has 0 aromatic heterocycles. The van der Waals surface area contributed by atoms with Crippen molar-refractivity contribution in [3.8, 4) is 11.5 Å². The molecule has 2 N–H and O–H groups in total. The Morgan fingerprint density at radius 3 is 2.06 bits per heavy atom. The predicted molar refractivity (Wildman–Crippen MR) is 131 cm³/mol. The van der Waals surface area contributed by atoms with Gasteiger partial charge in [0, 0.05) is 12.2 Å². The van der Waals surface area contributed by atoms with Crippen LogP contribution in [0.15, 0.2) is 48.5 Å². The molecular weight excluding hydrogens is 450 g/mol. The van der Waals surface area contributed by atoms with E-state index in [9.17, 15) is 14.4 Å². The van der Waals surface area contributed by atoms with E-state index in [1.165, 1.54) is 4.90 Å². The molecule has 2 aromatic rings. The Hall–Kier alpha value is -3.75. The van der Waals surface area contributed by atoms with Crippen LogP contribution in [-0.2, 0) is 14.3 Å². The summed E-state index contributed by atoms with van der Waals surface area (Å²) in [5.74, 6) is 0.447. The number of rotatable bonds is 7. The molecule has 0 bridgehead atoms. The maximum absolute atomic E-state index is 13.3. The van der Waals surface area contributed by atoms with Crippen LogP contribution in [-0.4, -0.2) is 55.2 Å². The van der Waals surface area contributed by atoms with Gasteiger partial charge < -0.3 is 24.8 Å². The van der Waals surface area contributed by atoms with Crippen molar-refractivity contribution in [2.24, 2.45) is 0 Å². The summed E-state index contributed by atoms with van der Waals surface area (Å²) >= 11 is 0. The van der Waals surface area contributed by atoms with Crippen LogP contribution in [0.25, 0.3) is 0 Å². The highest BCUT2D eigenvalue weighted by Crippen LogP contribution is 2.24. The average molecular weight is 484 g/mol. The number of carbonyl (C=O) groups is 3. The van der Waals surface area contributed by atoms with Crippen LogP contribution in [0.2, 0.25) is 0 Å². The van der Waals surface area contributed by atoms with Crippen molar-refractivity contribution in [2.45, 2.75) is 51.3 Å². The fourth-order valence-corrected chi connectivity index (χ4v) is 3.80. The van der Waals surface area contributed by atoms with Gasteiger partial charge in [-0.2, -0.15) is 0 Å². The molecule has 1 aliphatic rings. The van der Waals surface area contributed by atoms with Gasteiger partial charge in [-0.3, -0.25) is 14.5 Å². The van der Waals surface area contributed by atoms with Gasteiger partial charge in [-0.25, -0.2) is 4.79 Å². The first-order valence-electron chi connectivity index (χ1n) is 11.5. The van der Waals surface area contributed by atoms with E-state index in [4.69, 9.17) is 14.2 Å². The van der Waals surface area contributed by atoms with Crippen LogP contribution in [0.1, 0.15) is 45.2 Å². The van der Waals surface area contributed by atoms with Gasteiger partial charge in [0.05, 0.1) is 14.2 Å². The van der Waals surface area contributed by atoms with E-state index in [1.54, 1.807) is 83.5 Å². The summed E-state index contributed by atoms with van der Waals surface area (Å²) in [5, 5.41) is 5.67. The number of hydrogen-bond donors (Lipinski definition) is 2. The Morgan fingerprint density at radius 2 is 1.51 bits per heavy atom. The molecule has 0 saturated carbocycles. The van der Waals surface area contributed by atoms with Gasteiger partial charge in [0.1, 0.15) is 29.2 Å². The van der Waals surface area contributed by atoms with E-state index in [0.717, 1.165) is 0 Å². The SMILES string of the molecule is COc1ccc(NC(=O)[C@@H](NC(=O)[C@@H]2CCCN2C(=O)OC(C)(C)C)c2ccc(OC)cc2)cc1. The third-order valence-electron chi connectivity index (χ3n) is 5.54. The van der Waals surface area contributed by atoms with Gasteiger partial charge in [-0.05, 0) is 75.6 Å². The first-order valence-corrected chi connectivity index (χ1v) is 11.5. The maximum Gasteiger partial charge on any atom is 0.410 e. The van der Waals surface area contributed by atoms with Gasteiger partial charge in [-0.15, -0.1) is 0 Å². The summed E-state index contributed by atoms with van der Waals surface area (Å²) in [4.78, 5) is 40.6. The third kappa shape index (κ3) is 6.88. The van der Waals surface area contributed by atoms with E-state index in [-0.39, 0.29) is 0 Å². The second kappa shape index (κ2) is 11.1. The normalized spacial score (nSPS) is 16.3. The van der Waals surface area contributed by atoms with Crippen molar-refractivity contribution < 1.29 is 28.6 Å². The summed E-state index contributed by atoms with van der Waals surface area (Å²) in [6.45, 7) is 5.75. The number of hydrogen-bond acceptors (Lipinski definition) is 6. The van der Waals surface area contributed by atoms with Gasteiger partial charge in [0.25, 0.3) is 5.91 Å². The molecule has 35 heavy (non-hydrogen) atoms. The van der Waals surface area contributed by atoms with Crippen molar-refractivity contribution in [1.82, 2.24) is 10.2 Å². The lowest BCUT2D eigenvalue weighted by molar-refractivity contribution is -0.129. The lowest BCUT2D eigenvalue weighted by Gasteiger charge is -2.29. The monoisotopic (exact) mass is 483 g/mol. The Kier molecular flexibility index (Phi) is 8.22. The second-order valence-electron chi connectivity index (χ2n) is 9.26. The third-order valence-corrected chi connectivity index (χ3v) is 5.54. The predicted octanol–water partition coefficient (Wildman–Crippen LogP) is 3.90. The molecule has 0 aliphatic carbocycles. The number of likely N-dealkylation sites (tertiary alicyclic amines) is 1. The van der Waals surface area contributed by atoms with E-state index >= 15 is 0 Å². The average Bonchev–Trinajstić information content (AvgIpc) is 3.32. The Balaban J connectivity index is 1.80. The molecule has 3 amide bonds. The minimum Gasteiger partial charge on any atom is -0.497 e. The molecule has 0 unspecified atom stereocenters. The number of benzene rings is 2. The second-order valence-corrected chi connectivity index (χ2v) is 9.26. The molecule has 2 atom stereocenters. The molecule has 1 heterocycles. The van der Waals surface area contributed by atoms with Gasteiger partial charge in [-0.1, -0.05) is 12.1 Å². The first kappa shape index (κ1) is 25.9. The van der Waals surface area contributed by atoms with E-state index in [2.05, 4.69) is 10.6 Å². The molecule has 1 fully saturated rings. The molecule has 9 heteroatoms. The van der Waals surface area contributed by atoms with Crippen LogP contribution in [0.5, 0.6) is 11.5 Å². The van der Waals surface area contributed by atoms with Crippen molar-refractivity contribution in [1.29, 1.82) is 0 Å². The summed E-state index contributed by atoms with van der Waals surface area (Å²) in [7, 11) is 3.11. The highest BCUT2D eigenvalue weighted by molar-refractivity contribution is 5.99. The van der Waals surface area contributed by atoms with Crippen LogP contribution in [0.4, 0.5) is 10.5 Å². The smallest absolute Gasteiger partial charge is 0.410 e. The Bertz CT molecular complexity index is 1030. The molecule has 0 radical (unpaired) electrons. The summed E-state index contributed by atoms with van der Waals surface area (Å²) in [6, 6.07) is 12.1. The molecule has 9 nitrogen and oxygen atoms in total.